The van der Waals surface area contributed by atoms with E-state index in [0.29, 0.717) is 23.7 Å². The highest BCUT2D eigenvalue weighted by Gasteiger charge is 2.21. The quantitative estimate of drug-likeness (QED) is 0.600. The fourth-order valence-corrected chi connectivity index (χ4v) is 3.22. The van der Waals surface area contributed by atoms with Gasteiger partial charge >= 0.3 is 16.1 Å². The fraction of sp³-hybridized carbons (Fsp3) is 0.381. The van der Waals surface area contributed by atoms with Crippen LogP contribution < -0.4 is 19.0 Å². The molecule has 0 aromatic heterocycles. The number of benzene rings is 2. The largest absolute Gasteiger partial charge is 0.497 e. The molecule has 9 heteroatoms. The third-order valence-electron chi connectivity index (χ3n) is 4.56. The summed E-state index contributed by atoms with van der Waals surface area (Å²) in [4.78, 5) is 14.7. The predicted molar refractivity (Wildman–Crippen MR) is 116 cm³/mol. The number of methoxy groups -OCH3 is 2. The molecule has 2 amide bonds. The second-order valence-corrected chi connectivity index (χ2v) is 8.39. The van der Waals surface area contributed by atoms with Gasteiger partial charge in [-0.05, 0) is 43.2 Å². The molecule has 30 heavy (non-hydrogen) atoms. The van der Waals surface area contributed by atoms with E-state index in [1.165, 1.54) is 7.11 Å². The lowest BCUT2D eigenvalue weighted by atomic mass is 10.1. The molecule has 8 nitrogen and oxygen atoms in total. The Morgan fingerprint density at radius 2 is 1.70 bits per heavy atom. The number of nitrogens with one attached hydrogen (secondary N) is 1. The van der Waals surface area contributed by atoms with Crippen molar-refractivity contribution in [3.63, 3.8) is 0 Å². The Bertz CT molecular complexity index is 960. The molecular formula is C21H28N2O6S. The molecule has 2 aromatic rings. The molecule has 0 bridgehead atoms. The molecule has 0 saturated heterocycles. The van der Waals surface area contributed by atoms with Crippen LogP contribution in [0.15, 0.2) is 42.5 Å². The molecule has 0 fully saturated rings. The summed E-state index contributed by atoms with van der Waals surface area (Å²) >= 11 is 0. The van der Waals surface area contributed by atoms with Gasteiger partial charge in [-0.3, -0.25) is 0 Å². The van der Waals surface area contributed by atoms with E-state index in [2.05, 4.69) is 5.32 Å². The molecule has 0 radical (unpaired) electrons. The van der Waals surface area contributed by atoms with Crippen molar-refractivity contribution in [2.75, 3.05) is 25.8 Å². The molecule has 1 unspecified atom stereocenters. The summed E-state index contributed by atoms with van der Waals surface area (Å²) in [7, 11) is -0.501. The number of urea groups is 1. The van der Waals surface area contributed by atoms with Gasteiger partial charge in [0.15, 0.2) is 0 Å². The molecular weight excluding hydrogens is 408 g/mol. The molecule has 2 rings (SSSR count). The van der Waals surface area contributed by atoms with Gasteiger partial charge < -0.3 is 23.9 Å². The normalized spacial score (nSPS) is 12.0. The predicted octanol–water partition coefficient (Wildman–Crippen LogP) is 3.87. The summed E-state index contributed by atoms with van der Waals surface area (Å²) in [5, 5.41) is 2.89. The van der Waals surface area contributed by atoms with Crippen LogP contribution in [-0.2, 0) is 16.7 Å². The smallest absolute Gasteiger partial charge is 0.322 e. The van der Waals surface area contributed by atoms with E-state index < -0.39 is 10.1 Å². The molecule has 0 saturated carbocycles. The SMILES string of the molecule is CCC(C)N(Cc1ccc(OS(C)(=O)=O)cc1)C(=O)Nc1ccc(OC)cc1OC. The van der Waals surface area contributed by atoms with Crippen molar-refractivity contribution in [3.05, 3.63) is 48.0 Å². The van der Waals surface area contributed by atoms with Gasteiger partial charge in [-0.25, -0.2) is 4.79 Å². The molecule has 164 valence electrons. The van der Waals surface area contributed by atoms with Gasteiger partial charge in [-0.2, -0.15) is 8.42 Å². The summed E-state index contributed by atoms with van der Waals surface area (Å²) in [6, 6.07) is 11.5. The Labute approximate surface area is 177 Å². The van der Waals surface area contributed by atoms with Gasteiger partial charge in [-0.1, -0.05) is 19.1 Å². The Kier molecular flexibility index (Phi) is 7.93. The Balaban J connectivity index is 2.18. The van der Waals surface area contributed by atoms with Gasteiger partial charge in [-0.15, -0.1) is 0 Å². The first-order valence-corrected chi connectivity index (χ1v) is 11.3. The number of rotatable bonds is 9. The standard InChI is InChI=1S/C21H28N2O6S/c1-6-15(2)23(14-16-7-9-17(10-8-16)29-30(5,25)26)21(24)22-19-12-11-18(27-3)13-20(19)28-4/h7-13,15H,6,14H2,1-5H3,(H,22,24). The van der Waals surface area contributed by atoms with E-state index in [-0.39, 0.29) is 17.8 Å². The zero-order valence-corrected chi connectivity index (χ0v) is 18.7. The lowest BCUT2D eigenvalue weighted by Crippen LogP contribution is -2.40. The van der Waals surface area contributed by atoms with Crippen LogP contribution in [0.2, 0.25) is 0 Å². The van der Waals surface area contributed by atoms with Gasteiger partial charge in [0.25, 0.3) is 0 Å². The second-order valence-electron chi connectivity index (χ2n) is 6.81. The number of ether oxygens (including phenoxy) is 2. The maximum atomic E-state index is 13.0. The molecule has 2 aromatic carbocycles. The Morgan fingerprint density at radius 3 is 2.23 bits per heavy atom. The second kappa shape index (κ2) is 10.2. The fourth-order valence-electron chi connectivity index (χ4n) is 2.76. The van der Waals surface area contributed by atoms with E-state index in [1.807, 2.05) is 13.8 Å². The lowest BCUT2D eigenvalue weighted by Gasteiger charge is -2.29. The first kappa shape index (κ1) is 23.3. The lowest BCUT2D eigenvalue weighted by molar-refractivity contribution is 0.187. The van der Waals surface area contributed by atoms with E-state index in [4.69, 9.17) is 13.7 Å². The zero-order valence-electron chi connectivity index (χ0n) is 17.8. The maximum absolute atomic E-state index is 13.0. The summed E-state index contributed by atoms with van der Waals surface area (Å²) < 4.78 is 37.9. The van der Waals surface area contributed by atoms with Gasteiger partial charge in [0.2, 0.25) is 0 Å². The first-order valence-electron chi connectivity index (χ1n) is 9.44. The number of amides is 2. The van der Waals surface area contributed by atoms with E-state index in [9.17, 15) is 13.2 Å². The number of carbonyl (C=O) groups is 1. The average Bonchev–Trinajstić information content (AvgIpc) is 2.71. The highest BCUT2D eigenvalue weighted by Crippen LogP contribution is 2.29. The van der Waals surface area contributed by atoms with Gasteiger partial charge in [0.1, 0.15) is 17.2 Å². The monoisotopic (exact) mass is 436 g/mol. The molecule has 1 atom stereocenters. The molecule has 0 aliphatic carbocycles. The highest BCUT2D eigenvalue weighted by molar-refractivity contribution is 7.86. The topological polar surface area (TPSA) is 94.2 Å². The maximum Gasteiger partial charge on any atom is 0.322 e. The van der Waals surface area contributed by atoms with E-state index in [1.54, 1.807) is 54.5 Å². The minimum Gasteiger partial charge on any atom is -0.497 e. The minimum atomic E-state index is -3.59. The third kappa shape index (κ3) is 6.55. The van der Waals surface area contributed by atoms with Crippen molar-refractivity contribution in [2.24, 2.45) is 0 Å². The van der Waals surface area contributed by atoms with Gasteiger partial charge in [0, 0.05) is 18.7 Å². The summed E-state index contributed by atoms with van der Waals surface area (Å²) in [5.41, 5.74) is 1.38. The molecule has 0 spiro atoms. The average molecular weight is 437 g/mol. The first-order chi connectivity index (χ1) is 14.2. The zero-order chi connectivity index (χ0) is 22.3. The Morgan fingerprint density at radius 1 is 1.07 bits per heavy atom. The number of nitrogens with zero attached hydrogens (tertiary/aromatic N) is 1. The van der Waals surface area contributed by atoms with Gasteiger partial charge in [0.05, 0.1) is 26.2 Å². The summed E-state index contributed by atoms with van der Waals surface area (Å²) in [6.45, 7) is 4.31. The molecule has 1 N–H and O–H groups in total. The minimum absolute atomic E-state index is 0.0267. The molecule has 0 aliphatic rings. The molecule has 0 heterocycles. The van der Waals surface area contributed by atoms with Crippen molar-refractivity contribution in [2.45, 2.75) is 32.9 Å². The van der Waals surface area contributed by atoms with Crippen LogP contribution in [0, 0.1) is 0 Å². The van der Waals surface area contributed by atoms with Crippen LogP contribution in [0.1, 0.15) is 25.8 Å². The van der Waals surface area contributed by atoms with Crippen molar-refractivity contribution in [1.82, 2.24) is 4.90 Å². The van der Waals surface area contributed by atoms with Crippen molar-refractivity contribution >= 4 is 21.8 Å². The number of carbonyl (C=O) groups excluding carboxylic acids is 1. The van der Waals surface area contributed by atoms with Crippen LogP contribution in [0.4, 0.5) is 10.5 Å². The third-order valence-corrected chi connectivity index (χ3v) is 5.05. The van der Waals surface area contributed by atoms with Crippen molar-refractivity contribution < 1.29 is 26.9 Å². The van der Waals surface area contributed by atoms with Crippen LogP contribution in [-0.4, -0.2) is 45.9 Å². The van der Waals surface area contributed by atoms with Crippen LogP contribution in [0.25, 0.3) is 0 Å². The highest BCUT2D eigenvalue weighted by atomic mass is 32.2. The summed E-state index contributed by atoms with van der Waals surface area (Å²) in [6.07, 6.45) is 1.76. The molecule has 0 aliphatic heterocycles. The van der Waals surface area contributed by atoms with E-state index >= 15 is 0 Å². The Hall–Kier alpha value is -2.94. The number of anilines is 1. The van der Waals surface area contributed by atoms with Crippen LogP contribution in [0.5, 0.6) is 17.2 Å². The van der Waals surface area contributed by atoms with Crippen LogP contribution >= 0.6 is 0 Å². The van der Waals surface area contributed by atoms with Crippen molar-refractivity contribution in [3.8, 4) is 17.2 Å². The number of hydrogen-bond donors (Lipinski definition) is 1. The number of hydrogen-bond acceptors (Lipinski definition) is 6. The van der Waals surface area contributed by atoms with E-state index in [0.717, 1.165) is 18.2 Å². The summed E-state index contributed by atoms with van der Waals surface area (Å²) in [5.74, 6) is 1.35. The van der Waals surface area contributed by atoms with Crippen LogP contribution in [0.3, 0.4) is 0 Å². The van der Waals surface area contributed by atoms with Crippen molar-refractivity contribution in [1.29, 1.82) is 0 Å².